The van der Waals surface area contributed by atoms with Crippen molar-refractivity contribution in [3.05, 3.63) is 47.8 Å². The number of para-hydroxylation sites is 1. The molecule has 1 amide bonds. The van der Waals surface area contributed by atoms with E-state index in [1.165, 1.54) is 0 Å². The molecule has 2 aromatic rings. The Balaban J connectivity index is 1.91. The van der Waals surface area contributed by atoms with E-state index < -0.39 is 0 Å². The Morgan fingerprint density at radius 1 is 1.36 bits per heavy atom. The highest BCUT2D eigenvalue weighted by molar-refractivity contribution is 5.95. The number of carbonyl (C=O) groups excluding carboxylic acids is 1. The second-order valence-corrected chi connectivity index (χ2v) is 5.71. The molecule has 0 aliphatic carbocycles. The second-order valence-electron chi connectivity index (χ2n) is 5.71. The van der Waals surface area contributed by atoms with Crippen molar-refractivity contribution >= 4 is 5.91 Å². The first kappa shape index (κ1) is 14.8. The van der Waals surface area contributed by atoms with Gasteiger partial charge in [0.15, 0.2) is 0 Å². The summed E-state index contributed by atoms with van der Waals surface area (Å²) in [7, 11) is 0. The van der Waals surface area contributed by atoms with Crippen molar-refractivity contribution in [2.75, 3.05) is 19.6 Å². The van der Waals surface area contributed by atoms with Gasteiger partial charge in [-0.15, -0.1) is 0 Å². The minimum Gasteiger partial charge on any atom is -0.336 e. The van der Waals surface area contributed by atoms with Gasteiger partial charge >= 0.3 is 0 Å². The minimum atomic E-state index is 0.0902. The topological polar surface area (TPSA) is 50.2 Å². The zero-order valence-electron chi connectivity index (χ0n) is 13.1. The quantitative estimate of drug-likeness (QED) is 0.941. The molecule has 1 aliphatic rings. The molecule has 1 aliphatic heterocycles. The lowest BCUT2D eigenvalue weighted by Crippen LogP contribution is -2.51. The number of carbonyl (C=O) groups is 1. The normalized spacial score (nSPS) is 18.5. The van der Waals surface area contributed by atoms with Crippen LogP contribution in [0.2, 0.25) is 0 Å². The van der Waals surface area contributed by atoms with Crippen molar-refractivity contribution in [2.45, 2.75) is 26.3 Å². The summed E-state index contributed by atoms with van der Waals surface area (Å²) in [5.41, 5.74) is 2.69. The van der Waals surface area contributed by atoms with Crippen LogP contribution in [-0.2, 0) is 6.42 Å². The van der Waals surface area contributed by atoms with Crippen LogP contribution in [0.1, 0.15) is 29.9 Å². The first-order valence-electron chi connectivity index (χ1n) is 7.85. The number of hydrogen-bond donors (Lipinski definition) is 1. The van der Waals surface area contributed by atoms with E-state index in [1.54, 1.807) is 6.20 Å². The SMILES string of the molecule is CCc1c(C(=O)N2CCN[C@H](C)C2)cnn1-c1ccccc1. The van der Waals surface area contributed by atoms with Crippen LogP contribution in [0, 0.1) is 0 Å². The lowest BCUT2D eigenvalue weighted by Gasteiger charge is -2.31. The van der Waals surface area contributed by atoms with Gasteiger partial charge in [-0.25, -0.2) is 4.68 Å². The minimum absolute atomic E-state index is 0.0902. The molecule has 5 nitrogen and oxygen atoms in total. The van der Waals surface area contributed by atoms with E-state index in [2.05, 4.69) is 24.3 Å². The predicted octanol–water partition coefficient (Wildman–Crippen LogP) is 1.87. The molecule has 0 spiro atoms. The van der Waals surface area contributed by atoms with E-state index in [-0.39, 0.29) is 5.91 Å². The molecule has 22 heavy (non-hydrogen) atoms. The lowest BCUT2D eigenvalue weighted by molar-refractivity contribution is 0.0708. The summed E-state index contributed by atoms with van der Waals surface area (Å²) >= 11 is 0. The number of hydrogen-bond acceptors (Lipinski definition) is 3. The molecular formula is C17H22N4O. The van der Waals surface area contributed by atoms with Gasteiger partial charge < -0.3 is 10.2 Å². The Labute approximate surface area is 130 Å². The van der Waals surface area contributed by atoms with Gasteiger partial charge in [-0.3, -0.25) is 4.79 Å². The molecule has 1 saturated heterocycles. The van der Waals surface area contributed by atoms with Crippen LogP contribution < -0.4 is 5.32 Å². The largest absolute Gasteiger partial charge is 0.336 e. The Hall–Kier alpha value is -2.14. The molecule has 3 rings (SSSR count). The van der Waals surface area contributed by atoms with Crippen molar-refractivity contribution in [3.8, 4) is 5.69 Å². The smallest absolute Gasteiger partial charge is 0.257 e. The third-order valence-electron chi connectivity index (χ3n) is 4.09. The summed E-state index contributed by atoms with van der Waals surface area (Å²) in [6, 6.07) is 10.3. The van der Waals surface area contributed by atoms with Crippen LogP contribution in [0.3, 0.4) is 0 Å². The molecule has 0 bridgehead atoms. The van der Waals surface area contributed by atoms with Crippen LogP contribution in [0.15, 0.2) is 36.5 Å². The highest BCUT2D eigenvalue weighted by Gasteiger charge is 2.25. The zero-order chi connectivity index (χ0) is 15.5. The van der Waals surface area contributed by atoms with Gasteiger partial charge in [0, 0.05) is 25.7 Å². The van der Waals surface area contributed by atoms with Gasteiger partial charge in [0.1, 0.15) is 0 Å². The van der Waals surface area contributed by atoms with E-state index in [4.69, 9.17) is 0 Å². The molecule has 1 aromatic carbocycles. The van der Waals surface area contributed by atoms with Crippen molar-refractivity contribution < 1.29 is 4.79 Å². The Morgan fingerprint density at radius 2 is 2.14 bits per heavy atom. The zero-order valence-corrected chi connectivity index (χ0v) is 13.1. The first-order chi connectivity index (χ1) is 10.7. The van der Waals surface area contributed by atoms with E-state index in [1.807, 2.05) is 39.9 Å². The van der Waals surface area contributed by atoms with Crippen LogP contribution in [0.5, 0.6) is 0 Å². The Morgan fingerprint density at radius 3 is 2.82 bits per heavy atom. The van der Waals surface area contributed by atoms with E-state index >= 15 is 0 Å². The Kier molecular flexibility index (Phi) is 4.24. The van der Waals surface area contributed by atoms with Crippen LogP contribution in [-0.4, -0.2) is 46.3 Å². The monoisotopic (exact) mass is 298 g/mol. The highest BCUT2D eigenvalue weighted by atomic mass is 16.2. The van der Waals surface area contributed by atoms with Gasteiger partial charge in [0.2, 0.25) is 0 Å². The third-order valence-corrected chi connectivity index (χ3v) is 4.09. The number of benzene rings is 1. The van der Waals surface area contributed by atoms with Crippen LogP contribution >= 0.6 is 0 Å². The van der Waals surface area contributed by atoms with Crippen molar-refractivity contribution in [1.29, 1.82) is 0 Å². The summed E-state index contributed by atoms with van der Waals surface area (Å²) < 4.78 is 1.87. The molecule has 0 radical (unpaired) electrons. The number of aromatic nitrogens is 2. The summed E-state index contributed by atoms with van der Waals surface area (Å²) in [6.07, 6.45) is 2.48. The number of nitrogens with one attached hydrogen (secondary N) is 1. The van der Waals surface area contributed by atoms with E-state index in [0.29, 0.717) is 6.04 Å². The number of amides is 1. The summed E-state index contributed by atoms with van der Waals surface area (Å²) in [4.78, 5) is 14.7. The number of piperazine rings is 1. The highest BCUT2D eigenvalue weighted by Crippen LogP contribution is 2.18. The molecule has 116 valence electrons. The maximum atomic E-state index is 12.8. The third kappa shape index (κ3) is 2.76. The van der Waals surface area contributed by atoms with Crippen LogP contribution in [0.4, 0.5) is 0 Å². The molecular weight excluding hydrogens is 276 g/mol. The average molecular weight is 298 g/mol. The average Bonchev–Trinajstić information content (AvgIpc) is 2.98. The fourth-order valence-electron chi connectivity index (χ4n) is 2.97. The van der Waals surface area contributed by atoms with Gasteiger partial charge in [0.25, 0.3) is 5.91 Å². The predicted molar refractivity (Wildman–Crippen MR) is 86.3 cm³/mol. The first-order valence-corrected chi connectivity index (χ1v) is 7.85. The molecule has 1 aromatic heterocycles. The van der Waals surface area contributed by atoms with Gasteiger partial charge in [-0.05, 0) is 25.5 Å². The summed E-state index contributed by atoms with van der Waals surface area (Å²) in [5.74, 6) is 0.0902. The fourth-order valence-corrected chi connectivity index (χ4v) is 2.97. The molecule has 0 unspecified atom stereocenters. The van der Waals surface area contributed by atoms with E-state index in [9.17, 15) is 4.79 Å². The number of rotatable bonds is 3. The molecule has 2 heterocycles. The lowest BCUT2D eigenvalue weighted by atomic mass is 10.1. The molecule has 1 fully saturated rings. The molecule has 1 N–H and O–H groups in total. The van der Waals surface area contributed by atoms with Crippen molar-refractivity contribution in [1.82, 2.24) is 20.0 Å². The van der Waals surface area contributed by atoms with Crippen molar-refractivity contribution in [2.24, 2.45) is 0 Å². The summed E-state index contributed by atoms with van der Waals surface area (Å²) in [5, 5.41) is 7.81. The molecule has 1 atom stereocenters. The summed E-state index contributed by atoms with van der Waals surface area (Å²) in [6.45, 7) is 6.52. The maximum absolute atomic E-state index is 12.8. The molecule has 5 heteroatoms. The van der Waals surface area contributed by atoms with E-state index in [0.717, 1.165) is 43.0 Å². The fraction of sp³-hybridized carbons (Fsp3) is 0.412. The van der Waals surface area contributed by atoms with Gasteiger partial charge in [-0.1, -0.05) is 25.1 Å². The van der Waals surface area contributed by atoms with Gasteiger partial charge in [-0.2, -0.15) is 5.10 Å². The number of nitrogens with zero attached hydrogens (tertiary/aromatic N) is 3. The maximum Gasteiger partial charge on any atom is 0.257 e. The molecule has 0 saturated carbocycles. The van der Waals surface area contributed by atoms with Crippen molar-refractivity contribution in [3.63, 3.8) is 0 Å². The standard InChI is InChI=1S/C17H22N4O/c1-3-16-15(17(22)20-10-9-18-13(2)12-20)11-19-21(16)14-7-5-4-6-8-14/h4-8,11,13,18H,3,9-10,12H2,1-2H3/t13-/m1/s1. The van der Waals surface area contributed by atoms with Crippen LogP contribution in [0.25, 0.3) is 5.69 Å². The Bertz CT molecular complexity index is 650. The van der Waals surface area contributed by atoms with Gasteiger partial charge in [0.05, 0.1) is 23.1 Å². The second kappa shape index (κ2) is 6.32.